The van der Waals surface area contributed by atoms with Crippen molar-refractivity contribution < 1.29 is 17.9 Å². The summed E-state index contributed by atoms with van der Waals surface area (Å²) < 4.78 is 30.9. The zero-order chi connectivity index (χ0) is 13.3. The van der Waals surface area contributed by atoms with E-state index in [0.29, 0.717) is 5.52 Å². The Hall–Kier alpha value is -1.64. The van der Waals surface area contributed by atoms with E-state index in [-0.39, 0.29) is 17.1 Å². The number of aromatic nitrogens is 1. The van der Waals surface area contributed by atoms with Crippen molar-refractivity contribution in [3.05, 3.63) is 28.7 Å². The average Bonchev–Trinajstić information content (AvgIpc) is 2.67. The molecule has 0 aliphatic heterocycles. The molecular weight excluding hydrogens is 260 g/mol. The van der Waals surface area contributed by atoms with E-state index in [1.165, 1.54) is 25.1 Å². The maximum Gasteiger partial charge on any atom is 0.417 e. The van der Waals surface area contributed by atoms with Gasteiger partial charge in [-0.2, -0.15) is 0 Å². The van der Waals surface area contributed by atoms with Gasteiger partial charge in [-0.25, -0.2) is 17.9 Å². The lowest BCUT2D eigenvalue weighted by molar-refractivity contribution is 0.265. The Balaban J connectivity index is 2.44. The Morgan fingerprint density at radius 1 is 1.50 bits per heavy atom. The van der Waals surface area contributed by atoms with Gasteiger partial charge in [-0.05, 0) is 19.1 Å². The Morgan fingerprint density at radius 2 is 2.22 bits per heavy atom. The van der Waals surface area contributed by atoms with Crippen LogP contribution in [0.5, 0.6) is 0 Å². The summed E-state index contributed by atoms with van der Waals surface area (Å²) in [5.41, 5.74) is 0.591. The van der Waals surface area contributed by atoms with E-state index >= 15 is 0 Å². The highest BCUT2D eigenvalue weighted by atomic mass is 32.2. The Bertz CT molecular complexity index is 715. The third-order valence-electron chi connectivity index (χ3n) is 2.33. The molecule has 2 aromatic rings. The van der Waals surface area contributed by atoms with Crippen LogP contribution in [0.15, 0.2) is 32.3 Å². The molecule has 0 unspecified atom stereocenters. The number of hydrogen-bond acceptors (Lipinski definition) is 5. The van der Waals surface area contributed by atoms with Crippen LogP contribution in [0, 0.1) is 0 Å². The predicted octanol–water partition coefficient (Wildman–Crippen LogP) is -0.220. The third kappa shape index (κ3) is 2.45. The van der Waals surface area contributed by atoms with Crippen LogP contribution in [0.1, 0.15) is 6.92 Å². The molecule has 0 bridgehead atoms. The third-order valence-corrected chi connectivity index (χ3v) is 3.92. The minimum atomic E-state index is -3.74. The summed E-state index contributed by atoms with van der Waals surface area (Å²) in [5.74, 6) is -0.642. The number of aliphatic hydroxyl groups is 1. The first-order chi connectivity index (χ1) is 8.42. The number of H-pyrrole nitrogens is 1. The zero-order valence-corrected chi connectivity index (χ0v) is 10.3. The fraction of sp³-hybridized carbons (Fsp3) is 0.300. The highest BCUT2D eigenvalue weighted by Gasteiger charge is 2.18. The van der Waals surface area contributed by atoms with E-state index in [1.54, 1.807) is 0 Å². The van der Waals surface area contributed by atoms with Gasteiger partial charge in [0.1, 0.15) is 0 Å². The average molecular weight is 272 g/mol. The molecule has 18 heavy (non-hydrogen) atoms. The van der Waals surface area contributed by atoms with E-state index in [1.807, 2.05) is 0 Å². The molecule has 1 aromatic heterocycles. The molecule has 1 heterocycles. The van der Waals surface area contributed by atoms with E-state index in [9.17, 15) is 13.2 Å². The molecule has 1 aromatic carbocycles. The maximum absolute atomic E-state index is 11.9. The first-order valence-corrected chi connectivity index (χ1v) is 6.67. The van der Waals surface area contributed by atoms with Crippen molar-refractivity contribution in [3.63, 3.8) is 0 Å². The number of aromatic amines is 1. The lowest BCUT2D eigenvalue weighted by Crippen LogP contribution is -2.34. The van der Waals surface area contributed by atoms with Crippen molar-refractivity contribution in [1.82, 2.24) is 9.71 Å². The molecule has 8 heteroatoms. The number of fused-ring (bicyclic) bond motifs is 1. The molecule has 2 rings (SSSR count). The summed E-state index contributed by atoms with van der Waals surface area (Å²) in [7, 11) is -3.74. The van der Waals surface area contributed by atoms with Gasteiger partial charge in [0.05, 0.1) is 17.0 Å². The minimum absolute atomic E-state index is 0.0296. The number of hydrogen-bond donors (Lipinski definition) is 3. The van der Waals surface area contributed by atoms with Gasteiger partial charge in [0.15, 0.2) is 5.58 Å². The SMILES string of the molecule is C[C@@H](CO)NS(=O)(=O)c1ccc2[nH]c(=O)oc2c1. The summed E-state index contributed by atoms with van der Waals surface area (Å²) in [6, 6.07) is 3.45. The molecule has 0 saturated heterocycles. The van der Waals surface area contributed by atoms with Crippen molar-refractivity contribution in [2.75, 3.05) is 6.61 Å². The topological polar surface area (TPSA) is 112 Å². The molecule has 0 aliphatic rings. The molecule has 0 fully saturated rings. The van der Waals surface area contributed by atoms with Crippen LogP contribution < -0.4 is 10.5 Å². The van der Waals surface area contributed by atoms with Gasteiger partial charge in [-0.15, -0.1) is 0 Å². The Kier molecular flexibility index (Phi) is 3.24. The summed E-state index contributed by atoms with van der Waals surface area (Å²) in [6.45, 7) is 1.23. The summed E-state index contributed by atoms with van der Waals surface area (Å²) >= 11 is 0. The predicted molar refractivity (Wildman–Crippen MR) is 63.7 cm³/mol. The maximum atomic E-state index is 11.9. The van der Waals surface area contributed by atoms with Gasteiger partial charge in [-0.1, -0.05) is 0 Å². The van der Waals surface area contributed by atoms with Crippen molar-refractivity contribution in [2.45, 2.75) is 17.9 Å². The first-order valence-electron chi connectivity index (χ1n) is 5.18. The molecule has 0 saturated carbocycles. The second-order valence-electron chi connectivity index (χ2n) is 3.88. The fourth-order valence-electron chi connectivity index (χ4n) is 1.46. The number of oxazole rings is 1. The van der Waals surface area contributed by atoms with Crippen molar-refractivity contribution >= 4 is 21.1 Å². The molecule has 7 nitrogen and oxygen atoms in total. The van der Waals surface area contributed by atoms with Crippen LogP contribution in [0.2, 0.25) is 0 Å². The van der Waals surface area contributed by atoms with Crippen molar-refractivity contribution in [3.8, 4) is 0 Å². The summed E-state index contributed by atoms with van der Waals surface area (Å²) in [6.07, 6.45) is 0. The lowest BCUT2D eigenvalue weighted by Gasteiger charge is -2.11. The van der Waals surface area contributed by atoms with Gasteiger partial charge in [0.2, 0.25) is 10.0 Å². The standard InChI is InChI=1S/C10H12N2O5S/c1-6(5-13)12-18(15,16)7-2-3-8-9(4-7)17-10(14)11-8/h2-4,6,12-13H,5H2,1H3,(H,11,14)/t6-/m0/s1. The van der Waals surface area contributed by atoms with Crippen LogP contribution in [0.4, 0.5) is 0 Å². The minimum Gasteiger partial charge on any atom is -0.408 e. The largest absolute Gasteiger partial charge is 0.417 e. The number of benzene rings is 1. The molecule has 1 atom stereocenters. The summed E-state index contributed by atoms with van der Waals surface area (Å²) in [5, 5.41) is 8.83. The van der Waals surface area contributed by atoms with Crippen LogP contribution >= 0.6 is 0 Å². The molecular formula is C10H12N2O5S. The summed E-state index contributed by atoms with van der Waals surface area (Å²) in [4.78, 5) is 13.3. The quantitative estimate of drug-likeness (QED) is 0.712. The zero-order valence-electron chi connectivity index (χ0n) is 9.50. The van der Waals surface area contributed by atoms with Crippen LogP contribution in [0.3, 0.4) is 0 Å². The molecule has 0 aliphatic carbocycles. The number of rotatable bonds is 4. The highest BCUT2D eigenvalue weighted by Crippen LogP contribution is 2.16. The van der Waals surface area contributed by atoms with Crippen LogP contribution in [0.25, 0.3) is 11.1 Å². The van der Waals surface area contributed by atoms with Gasteiger partial charge in [-0.3, -0.25) is 4.98 Å². The van der Waals surface area contributed by atoms with Gasteiger partial charge in [0, 0.05) is 12.1 Å². The first kappa shape index (κ1) is 12.8. The molecule has 0 amide bonds. The molecule has 3 N–H and O–H groups in total. The van der Waals surface area contributed by atoms with E-state index < -0.39 is 21.8 Å². The van der Waals surface area contributed by atoms with Crippen molar-refractivity contribution in [1.29, 1.82) is 0 Å². The van der Waals surface area contributed by atoms with Crippen LogP contribution in [-0.2, 0) is 10.0 Å². The number of nitrogens with one attached hydrogen (secondary N) is 2. The van der Waals surface area contributed by atoms with Gasteiger partial charge in [0.25, 0.3) is 0 Å². The molecule has 0 spiro atoms. The van der Waals surface area contributed by atoms with E-state index in [0.717, 1.165) is 0 Å². The lowest BCUT2D eigenvalue weighted by atomic mass is 10.3. The van der Waals surface area contributed by atoms with Gasteiger partial charge >= 0.3 is 5.76 Å². The normalized spacial score (nSPS) is 13.9. The Morgan fingerprint density at radius 3 is 2.89 bits per heavy atom. The Labute approximate surface area is 102 Å². The molecule has 0 radical (unpaired) electrons. The second-order valence-corrected chi connectivity index (χ2v) is 5.59. The monoisotopic (exact) mass is 272 g/mol. The van der Waals surface area contributed by atoms with Crippen LogP contribution in [-0.4, -0.2) is 31.2 Å². The fourth-order valence-corrected chi connectivity index (χ4v) is 2.71. The van der Waals surface area contributed by atoms with E-state index in [4.69, 9.17) is 9.52 Å². The second kappa shape index (κ2) is 4.56. The van der Waals surface area contributed by atoms with E-state index in [2.05, 4.69) is 9.71 Å². The number of aliphatic hydroxyl groups excluding tert-OH is 1. The highest BCUT2D eigenvalue weighted by molar-refractivity contribution is 7.89. The van der Waals surface area contributed by atoms with Crippen molar-refractivity contribution in [2.24, 2.45) is 0 Å². The number of sulfonamides is 1. The van der Waals surface area contributed by atoms with Gasteiger partial charge < -0.3 is 9.52 Å². The smallest absolute Gasteiger partial charge is 0.408 e. The molecule has 98 valence electrons.